The lowest BCUT2D eigenvalue weighted by Gasteiger charge is -2.22. The van der Waals surface area contributed by atoms with E-state index < -0.39 is 48.7 Å². The van der Waals surface area contributed by atoms with Crippen LogP contribution in [0, 0.1) is 0 Å². The van der Waals surface area contributed by atoms with Crippen LogP contribution in [0.1, 0.15) is 77.0 Å². The zero-order chi connectivity index (χ0) is 26.5. The van der Waals surface area contributed by atoms with Crippen molar-refractivity contribution in [3.05, 3.63) is 0 Å². The maximum Gasteiger partial charge on any atom is 0.326 e. The molecule has 0 aromatic heterocycles. The molecule has 12 heteroatoms. The first kappa shape index (κ1) is 32.8. The maximum absolute atomic E-state index is 12.7. The van der Waals surface area contributed by atoms with Crippen LogP contribution < -0.4 is 22.1 Å². The van der Waals surface area contributed by atoms with E-state index in [1.54, 1.807) is 0 Å². The summed E-state index contributed by atoms with van der Waals surface area (Å²) in [6.07, 6.45) is 9.36. The van der Waals surface area contributed by atoms with Crippen molar-refractivity contribution in [2.75, 3.05) is 31.9 Å². The summed E-state index contributed by atoms with van der Waals surface area (Å²) in [6.45, 7) is -1.02. The number of hydrogen-bond donors (Lipinski definition) is 6. The van der Waals surface area contributed by atoms with Crippen molar-refractivity contribution in [2.24, 2.45) is 11.5 Å². The van der Waals surface area contributed by atoms with E-state index in [0.29, 0.717) is 25.8 Å². The van der Waals surface area contributed by atoms with Crippen molar-refractivity contribution in [1.29, 1.82) is 0 Å². The summed E-state index contributed by atoms with van der Waals surface area (Å²) in [6, 6.07) is -1.15. The van der Waals surface area contributed by atoms with Gasteiger partial charge in [-0.05, 0) is 44.4 Å². The van der Waals surface area contributed by atoms with Gasteiger partial charge in [0.05, 0.1) is 13.1 Å². The van der Waals surface area contributed by atoms with E-state index >= 15 is 0 Å². The summed E-state index contributed by atoms with van der Waals surface area (Å²) >= 11 is 4.19. The van der Waals surface area contributed by atoms with Crippen LogP contribution >= 0.6 is 12.6 Å². The number of nitrogens with two attached hydrogens (primary N) is 2. The Morgan fingerprint density at radius 3 is 1.94 bits per heavy atom. The summed E-state index contributed by atoms with van der Waals surface area (Å²) in [7, 11) is 0. The Labute approximate surface area is 213 Å². The lowest BCUT2D eigenvalue weighted by Crippen LogP contribution is -2.51. The summed E-state index contributed by atoms with van der Waals surface area (Å²) < 4.78 is 0. The van der Waals surface area contributed by atoms with Crippen LogP contribution in [0.4, 0.5) is 0 Å². The molecule has 0 spiro atoms. The Bertz CT molecular complexity index is 664. The molecule has 202 valence electrons. The van der Waals surface area contributed by atoms with Crippen molar-refractivity contribution in [3.63, 3.8) is 0 Å². The zero-order valence-corrected chi connectivity index (χ0v) is 21.5. The molecule has 7 N–H and O–H groups in total. The van der Waals surface area contributed by atoms with Crippen LogP contribution in [0.5, 0.6) is 0 Å². The average molecular weight is 518 g/mol. The number of carbonyl (C=O) groups is 5. The molecule has 4 amide bonds. The number of hydrogen-bond acceptors (Lipinski definition) is 8. The van der Waals surface area contributed by atoms with Crippen molar-refractivity contribution in [1.82, 2.24) is 15.5 Å². The number of unbranched alkanes of at least 4 members (excludes halogenated alkanes) is 8. The van der Waals surface area contributed by atoms with Crippen LogP contribution in [0.3, 0.4) is 0 Å². The van der Waals surface area contributed by atoms with Gasteiger partial charge in [0.2, 0.25) is 23.6 Å². The molecule has 0 fully saturated rings. The van der Waals surface area contributed by atoms with E-state index in [9.17, 15) is 29.1 Å². The maximum atomic E-state index is 12.7. The summed E-state index contributed by atoms with van der Waals surface area (Å²) in [5.74, 6) is -2.95. The topological polar surface area (TPSA) is 185 Å². The lowest BCUT2D eigenvalue weighted by molar-refractivity contribution is -0.148. The van der Waals surface area contributed by atoms with E-state index in [1.807, 2.05) is 0 Å². The minimum atomic E-state index is -1.21. The van der Waals surface area contributed by atoms with E-state index in [1.165, 1.54) is 0 Å². The molecule has 35 heavy (non-hydrogen) atoms. The van der Waals surface area contributed by atoms with Gasteiger partial charge in [0.15, 0.2) is 0 Å². The van der Waals surface area contributed by atoms with Crippen LogP contribution in [0.2, 0.25) is 0 Å². The summed E-state index contributed by atoms with van der Waals surface area (Å²) in [4.78, 5) is 61.3. The van der Waals surface area contributed by atoms with Crippen LogP contribution in [0.15, 0.2) is 0 Å². The molecule has 0 bridgehead atoms. The van der Waals surface area contributed by atoms with Gasteiger partial charge in [0.25, 0.3) is 0 Å². The van der Waals surface area contributed by atoms with Gasteiger partial charge >= 0.3 is 5.97 Å². The van der Waals surface area contributed by atoms with Gasteiger partial charge in [-0.3, -0.25) is 24.1 Å². The Kier molecular flexibility index (Phi) is 19.8. The highest BCUT2D eigenvalue weighted by Crippen LogP contribution is 2.11. The summed E-state index contributed by atoms with van der Waals surface area (Å²) in [5.41, 5.74) is 10.6. The number of nitrogens with one attached hydrogen (secondary N) is 2. The second-order valence-corrected chi connectivity index (χ2v) is 8.85. The molecule has 0 aromatic rings. The predicted octanol–water partition coefficient (Wildman–Crippen LogP) is 0.556. The number of carboxylic acid groups (broad SMARTS) is 1. The van der Waals surface area contributed by atoms with Crippen LogP contribution in [-0.4, -0.2) is 77.6 Å². The molecule has 0 aliphatic heterocycles. The van der Waals surface area contributed by atoms with Gasteiger partial charge in [-0.25, -0.2) is 4.79 Å². The molecule has 0 aromatic carbocycles. The number of imide groups is 1. The third-order valence-electron chi connectivity index (χ3n) is 5.40. The quantitative estimate of drug-likeness (QED) is 0.0941. The number of carbonyl (C=O) groups excluding carboxylic acids is 4. The Hall–Kier alpha value is -2.18. The number of carboxylic acids is 1. The number of amides is 4. The lowest BCUT2D eigenvalue weighted by atomic mass is 10.1. The molecule has 0 rings (SSSR count). The smallest absolute Gasteiger partial charge is 0.326 e. The van der Waals surface area contributed by atoms with Gasteiger partial charge in [-0.1, -0.05) is 38.5 Å². The van der Waals surface area contributed by atoms with Crippen molar-refractivity contribution >= 4 is 42.2 Å². The van der Waals surface area contributed by atoms with Gasteiger partial charge in [-0.2, -0.15) is 12.6 Å². The number of aliphatic carboxylic acids is 1. The van der Waals surface area contributed by atoms with E-state index in [-0.39, 0.29) is 19.4 Å². The monoisotopic (exact) mass is 517 g/mol. The first-order valence-electron chi connectivity index (χ1n) is 12.4. The Morgan fingerprint density at radius 1 is 0.800 bits per heavy atom. The SMILES string of the molecule is NCCCC[C@H](NC(=O)CN(C(=O)CCCCCCCCCCS)C(=O)CNC(=O)CN)C(=O)O. The zero-order valence-electron chi connectivity index (χ0n) is 20.6. The normalized spacial score (nSPS) is 11.5. The fourth-order valence-corrected chi connectivity index (χ4v) is 3.60. The Morgan fingerprint density at radius 2 is 1.40 bits per heavy atom. The first-order valence-corrected chi connectivity index (χ1v) is 13.0. The van der Waals surface area contributed by atoms with Crippen LogP contribution in [0.25, 0.3) is 0 Å². The second-order valence-electron chi connectivity index (χ2n) is 8.40. The van der Waals surface area contributed by atoms with Gasteiger partial charge < -0.3 is 27.2 Å². The fourth-order valence-electron chi connectivity index (χ4n) is 3.37. The fraction of sp³-hybridized carbons (Fsp3) is 0.783. The third-order valence-corrected chi connectivity index (χ3v) is 5.72. The first-order chi connectivity index (χ1) is 16.8. The van der Waals surface area contributed by atoms with E-state index in [0.717, 1.165) is 55.6 Å². The second kappa shape index (κ2) is 21.1. The van der Waals surface area contributed by atoms with Gasteiger partial charge in [0.1, 0.15) is 12.6 Å². The minimum Gasteiger partial charge on any atom is -0.480 e. The molecule has 1 atom stereocenters. The van der Waals surface area contributed by atoms with E-state index in [4.69, 9.17) is 11.5 Å². The van der Waals surface area contributed by atoms with Gasteiger partial charge in [0, 0.05) is 6.42 Å². The molecule has 0 aliphatic rings. The van der Waals surface area contributed by atoms with Gasteiger partial charge in [-0.15, -0.1) is 0 Å². The molecule has 0 radical (unpaired) electrons. The molecular formula is C23H43N5O6S. The number of thiol groups is 1. The number of rotatable bonds is 21. The van der Waals surface area contributed by atoms with Crippen LogP contribution in [-0.2, 0) is 24.0 Å². The molecule has 0 saturated carbocycles. The third kappa shape index (κ3) is 17.0. The molecule has 0 aliphatic carbocycles. The molecular weight excluding hydrogens is 474 g/mol. The number of nitrogens with zero attached hydrogens (tertiary/aromatic N) is 1. The summed E-state index contributed by atoms with van der Waals surface area (Å²) in [5, 5.41) is 14.0. The minimum absolute atomic E-state index is 0.0718. The molecule has 0 saturated heterocycles. The van der Waals surface area contributed by atoms with Crippen molar-refractivity contribution in [2.45, 2.75) is 83.1 Å². The highest BCUT2D eigenvalue weighted by molar-refractivity contribution is 7.80. The standard InChI is InChI=1S/C23H43N5O6S/c24-13-9-8-11-18(23(33)34)27-20(30)17-28(22(32)16-26-19(29)15-25)21(31)12-7-5-3-1-2-4-6-10-14-35/h18,35H,1-17,24-25H2,(H,26,29)(H,27,30)(H,33,34)/t18-/m0/s1. The van der Waals surface area contributed by atoms with E-state index in [2.05, 4.69) is 23.3 Å². The molecule has 11 nitrogen and oxygen atoms in total. The predicted molar refractivity (Wildman–Crippen MR) is 137 cm³/mol. The highest BCUT2D eigenvalue weighted by Gasteiger charge is 2.26. The largest absolute Gasteiger partial charge is 0.480 e. The van der Waals surface area contributed by atoms with Crippen molar-refractivity contribution < 1.29 is 29.1 Å². The average Bonchev–Trinajstić information content (AvgIpc) is 2.83. The Balaban J connectivity index is 4.83. The highest BCUT2D eigenvalue weighted by atomic mass is 32.1. The van der Waals surface area contributed by atoms with Crippen molar-refractivity contribution in [3.8, 4) is 0 Å². The molecule has 0 unspecified atom stereocenters. The molecule has 0 heterocycles.